The zero-order valence-corrected chi connectivity index (χ0v) is 14.3. The Morgan fingerprint density at radius 3 is 2.56 bits per heavy atom. The van der Waals surface area contributed by atoms with Crippen LogP contribution in [0.5, 0.6) is 0 Å². The van der Waals surface area contributed by atoms with Gasteiger partial charge in [0.05, 0.1) is 6.10 Å². The lowest BCUT2D eigenvalue weighted by Crippen LogP contribution is -2.69. The molecule has 3 atom stereocenters. The van der Waals surface area contributed by atoms with Crippen LogP contribution < -0.4 is 0 Å². The molecule has 2 fully saturated rings. The Bertz CT molecular complexity index is 687. The Balaban J connectivity index is 1.99. The van der Waals surface area contributed by atoms with E-state index in [0.29, 0.717) is 19.4 Å². The average molecular weight is 340 g/mol. The number of nitrogens with zero attached hydrogens (tertiary/aromatic N) is 2. The van der Waals surface area contributed by atoms with E-state index in [1.54, 1.807) is 22.0 Å². The molecule has 1 aromatic carbocycles. The molecule has 0 bridgehead atoms. The van der Waals surface area contributed by atoms with Crippen LogP contribution in [-0.2, 0) is 16.0 Å². The summed E-state index contributed by atoms with van der Waals surface area (Å²) in [6.07, 6.45) is 3.67. The number of carbonyl (C=O) groups is 2. The molecule has 0 saturated carbocycles. The van der Waals surface area contributed by atoms with Crippen molar-refractivity contribution in [3.63, 3.8) is 0 Å². The van der Waals surface area contributed by atoms with Gasteiger partial charge in [-0.3, -0.25) is 9.59 Å². The molecule has 2 saturated heterocycles. The predicted molar refractivity (Wildman–Crippen MR) is 95.7 cm³/mol. The fourth-order valence-corrected chi connectivity index (χ4v) is 4.08. The number of rotatable bonds is 6. The highest BCUT2D eigenvalue weighted by atomic mass is 16.3. The summed E-state index contributed by atoms with van der Waals surface area (Å²) in [6, 6.07) is 9.09. The SMILES string of the molecule is C=CCN1C(=O)C2(CC=C)C[C@@H](O)CN2C(=O)C1Cc1ccccc1. The summed E-state index contributed by atoms with van der Waals surface area (Å²) in [5, 5.41) is 10.2. The van der Waals surface area contributed by atoms with Crippen LogP contribution in [0.15, 0.2) is 55.6 Å². The second kappa shape index (κ2) is 6.84. The molecule has 3 rings (SSSR count). The van der Waals surface area contributed by atoms with Crippen LogP contribution in [0.3, 0.4) is 0 Å². The van der Waals surface area contributed by atoms with E-state index in [1.807, 2.05) is 30.3 Å². The number of aliphatic hydroxyl groups excluding tert-OH is 1. The van der Waals surface area contributed by atoms with E-state index in [2.05, 4.69) is 13.2 Å². The van der Waals surface area contributed by atoms with Gasteiger partial charge in [-0.05, 0) is 12.0 Å². The van der Waals surface area contributed by atoms with Crippen molar-refractivity contribution in [1.82, 2.24) is 9.80 Å². The van der Waals surface area contributed by atoms with Crippen LogP contribution in [0.4, 0.5) is 0 Å². The fourth-order valence-electron chi connectivity index (χ4n) is 4.08. The van der Waals surface area contributed by atoms with Crippen molar-refractivity contribution in [3.8, 4) is 0 Å². The van der Waals surface area contributed by atoms with E-state index in [4.69, 9.17) is 0 Å². The molecule has 1 N–H and O–H groups in total. The Morgan fingerprint density at radius 1 is 1.20 bits per heavy atom. The number of hydrogen-bond acceptors (Lipinski definition) is 3. The Morgan fingerprint density at radius 2 is 1.92 bits per heavy atom. The van der Waals surface area contributed by atoms with E-state index in [9.17, 15) is 14.7 Å². The highest BCUT2D eigenvalue weighted by Gasteiger charge is 2.59. The number of piperazine rings is 1. The number of β-amino-alcohol motifs (C(OH)–C–C–N with tert-alkyl or cyclic N) is 1. The lowest BCUT2D eigenvalue weighted by Gasteiger charge is -2.48. The first-order valence-corrected chi connectivity index (χ1v) is 8.60. The molecule has 2 aliphatic heterocycles. The summed E-state index contributed by atoms with van der Waals surface area (Å²) in [5.41, 5.74) is -0.00673. The van der Waals surface area contributed by atoms with Gasteiger partial charge >= 0.3 is 0 Å². The van der Waals surface area contributed by atoms with Crippen molar-refractivity contribution in [3.05, 3.63) is 61.2 Å². The smallest absolute Gasteiger partial charge is 0.249 e. The van der Waals surface area contributed by atoms with Gasteiger partial charge in [-0.25, -0.2) is 0 Å². The molecule has 5 heteroatoms. The van der Waals surface area contributed by atoms with Gasteiger partial charge < -0.3 is 14.9 Å². The summed E-state index contributed by atoms with van der Waals surface area (Å²) >= 11 is 0. The number of aliphatic hydroxyl groups is 1. The molecular formula is C20H24N2O3. The van der Waals surface area contributed by atoms with Crippen molar-refractivity contribution in [2.24, 2.45) is 0 Å². The van der Waals surface area contributed by atoms with Crippen LogP contribution >= 0.6 is 0 Å². The van der Waals surface area contributed by atoms with Gasteiger partial charge in [0.25, 0.3) is 0 Å². The summed E-state index contributed by atoms with van der Waals surface area (Å²) in [5.74, 6) is -0.229. The van der Waals surface area contributed by atoms with E-state index in [1.165, 1.54) is 0 Å². The third-order valence-corrected chi connectivity index (χ3v) is 5.15. The van der Waals surface area contributed by atoms with Crippen LogP contribution in [0, 0.1) is 0 Å². The van der Waals surface area contributed by atoms with Crippen molar-refractivity contribution in [1.29, 1.82) is 0 Å². The van der Waals surface area contributed by atoms with Crippen LogP contribution in [0.25, 0.3) is 0 Å². The molecule has 2 heterocycles. The van der Waals surface area contributed by atoms with Crippen molar-refractivity contribution in [2.45, 2.75) is 36.9 Å². The molecule has 0 radical (unpaired) electrons. The largest absolute Gasteiger partial charge is 0.391 e. The van der Waals surface area contributed by atoms with Gasteiger partial charge in [0, 0.05) is 25.9 Å². The van der Waals surface area contributed by atoms with Crippen LogP contribution in [-0.4, -0.2) is 57.5 Å². The highest BCUT2D eigenvalue weighted by Crippen LogP contribution is 2.40. The third-order valence-electron chi connectivity index (χ3n) is 5.15. The maximum atomic E-state index is 13.3. The third kappa shape index (κ3) is 2.89. The maximum absolute atomic E-state index is 13.3. The maximum Gasteiger partial charge on any atom is 0.249 e. The van der Waals surface area contributed by atoms with Gasteiger partial charge in [0.1, 0.15) is 11.6 Å². The van der Waals surface area contributed by atoms with Gasteiger partial charge in [0.15, 0.2) is 0 Å². The standard InChI is InChI=1S/C20H24N2O3/c1-3-10-20-13-16(23)14-22(20)18(24)17(21(11-4-2)19(20)25)12-15-8-6-5-7-9-15/h3-9,16-17,23H,1-2,10-14H2/t16-,17?,20?/m1/s1. The van der Waals surface area contributed by atoms with E-state index in [-0.39, 0.29) is 24.8 Å². The topological polar surface area (TPSA) is 60.9 Å². The second-order valence-electron chi connectivity index (χ2n) is 6.78. The molecule has 5 nitrogen and oxygen atoms in total. The molecule has 2 amide bonds. The average Bonchev–Trinajstić information content (AvgIpc) is 2.95. The van der Waals surface area contributed by atoms with Crippen molar-refractivity contribution in [2.75, 3.05) is 13.1 Å². The van der Waals surface area contributed by atoms with Crippen molar-refractivity contribution < 1.29 is 14.7 Å². The Labute approximate surface area is 148 Å². The second-order valence-corrected chi connectivity index (χ2v) is 6.78. The molecule has 2 unspecified atom stereocenters. The first-order valence-electron chi connectivity index (χ1n) is 8.60. The monoisotopic (exact) mass is 340 g/mol. The first kappa shape index (κ1) is 17.4. The molecule has 25 heavy (non-hydrogen) atoms. The zero-order chi connectivity index (χ0) is 18.0. The Hall–Kier alpha value is -2.40. The van der Waals surface area contributed by atoms with Gasteiger partial charge in [0.2, 0.25) is 11.8 Å². The molecule has 0 aromatic heterocycles. The molecule has 2 aliphatic rings. The van der Waals surface area contributed by atoms with Gasteiger partial charge in [-0.1, -0.05) is 42.5 Å². The normalized spacial score (nSPS) is 28.8. The first-order chi connectivity index (χ1) is 12.0. The van der Waals surface area contributed by atoms with E-state index >= 15 is 0 Å². The number of carbonyl (C=O) groups excluding carboxylic acids is 2. The predicted octanol–water partition coefficient (Wildman–Crippen LogP) is 1.53. The van der Waals surface area contributed by atoms with Gasteiger partial charge in [-0.2, -0.15) is 0 Å². The van der Waals surface area contributed by atoms with Gasteiger partial charge in [-0.15, -0.1) is 13.2 Å². The number of amides is 2. The summed E-state index contributed by atoms with van der Waals surface area (Å²) in [6.45, 7) is 7.99. The number of benzene rings is 1. The summed E-state index contributed by atoms with van der Waals surface area (Å²) in [7, 11) is 0. The van der Waals surface area contributed by atoms with Crippen LogP contribution in [0.1, 0.15) is 18.4 Å². The summed E-state index contributed by atoms with van der Waals surface area (Å²) < 4.78 is 0. The van der Waals surface area contributed by atoms with E-state index < -0.39 is 17.7 Å². The lowest BCUT2D eigenvalue weighted by atomic mass is 9.85. The quantitative estimate of drug-likeness (QED) is 0.799. The minimum absolute atomic E-state index is 0.108. The fraction of sp³-hybridized carbons (Fsp3) is 0.400. The Kier molecular flexibility index (Phi) is 4.77. The summed E-state index contributed by atoms with van der Waals surface area (Å²) in [4.78, 5) is 29.7. The molecule has 132 valence electrons. The molecule has 0 aliphatic carbocycles. The molecular weight excluding hydrogens is 316 g/mol. The lowest BCUT2D eigenvalue weighted by molar-refractivity contribution is -0.166. The van der Waals surface area contributed by atoms with Crippen LogP contribution in [0.2, 0.25) is 0 Å². The molecule has 1 aromatic rings. The number of hydrogen-bond donors (Lipinski definition) is 1. The van der Waals surface area contributed by atoms with E-state index in [0.717, 1.165) is 5.56 Å². The zero-order valence-electron chi connectivity index (χ0n) is 14.3. The minimum Gasteiger partial charge on any atom is -0.391 e. The minimum atomic E-state index is -1.01. The number of fused-ring (bicyclic) bond motifs is 1. The highest BCUT2D eigenvalue weighted by molar-refractivity contribution is 6.01. The van der Waals surface area contributed by atoms with Crippen molar-refractivity contribution >= 4 is 11.8 Å². The molecule has 0 spiro atoms.